The van der Waals surface area contributed by atoms with Crippen LogP contribution in [0.15, 0.2) is 53.7 Å². The van der Waals surface area contributed by atoms with Crippen molar-refractivity contribution in [1.82, 2.24) is 10.3 Å². The van der Waals surface area contributed by atoms with Crippen molar-refractivity contribution >= 4 is 11.8 Å². The summed E-state index contributed by atoms with van der Waals surface area (Å²) >= 11 is 1.76. The Bertz CT molecular complexity index is 488. The minimum atomic E-state index is 0.735. The highest BCUT2D eigenvalue weighted by molar-refractivity contribution is 7.98. The summed E-state index contributed by atoms with van der Waals surface area (Å²) in [7, 11) is 1.71. The van der Waals surface area contributed by atoms with Gasteiger partial charge < -0.3 is 10.1 Å². The monoisotopic (exact) mass is 288 g/mol. The van der Waals surface area contributed by atoms with Crippen molar-refractivity contribution in [3.05, 3.63) is 59.8 Å². The Balaban J connectivity index is 1.76. The molecular weight excluding hydrogens is 268 g/mol. The number of benzene rings is 1. The summed E-state index contributed by atoms with van der Waals surface area (Å²) in [6, 6.07) is 14.7. The third-order valence-corrected chi connectivity index (χ3v) is 3.85. The number of rotatable bonds is 8. The highest BCUT2D eigenvalue weighted by atomic mass is 32.2. The van der Waals surface area contributed by atoms with Crippen molar-refractivity contribution in [3.8, 4) is 0 Å². The summed E-state index contributed by atoms with van der Waals surface area (Å²) in [5.74, 6) is 0.958. The van der Waals surface area contributed by atoms with Gasteiger partial charge in [-0.3, -0.25) is 0 Å². The van der Waals surface area contributed by atoms with E-state index in [-0.39, 0.29) is 0 Å². The summed E-state index contributed by atoms with van der Waals surface area (Å²) in [5.41, 5.74) is 2.52. The zero-order valence-electron chi connectivity index (χ0n) is 11.7. The Labute approximate surface area is 124 Å². The van der Waals surface area contributed by atoms with Gasteiger partial charge in [-0.2, -0.15) is 0 Å². The molecule has 106 valence electrons. The predicted octanol–water partition coefficient (Wildman–Crippen LogP) is 3.11. The number of nitrogens with one attached hydrogen (secondary N) is 1. The van der Waals surface area contributed by atoms with Crippen molar-refractivity contribution in [2.45, 2.75) is 17.3 Å². The zero-order valence-corrected chi connectivity index (χ0v) is 12.5. The molecule has 0 radical (unpaired) electrons. The molecule has 1 aromatic heterocycles. The first kappa shape index (κ1) is 15.0. The molecule has 0 amide bonds. The van der Waals surface area contributed by atoms with E-state index < -0.39 is 0 Å². The molecular formula is C16H20N2OS. The third-order valence-electron chi connectivity index (χ3n) is 2.84. The average Bonchev–Trinajstić information content (AvgIpc) is 2.52. The first-order valence-corrected chi connectivity index (χ1v) is 7.68. The Morgan fingerprint density at radius 3 is 2.65 bits per heavy atom. The van der Waals surface area contributed by atoms with Crippen molar-refractivity contribution in [2.75, 3.05) is 20.3 Å². The molecule has 0 bridgehead atoms. The van der Waals surface area contributed by atoms with Crippen LogP contribution in [0.1, 0.15) is 11.1 Å². The van der Waals surface area contributed by atoms with Crippen LogP contribution >= 0.6 is 11.8 Å². The molecule has 2 aromatic rings. The molecule has 3 nitrogen and oxygen atoms in total. The lowest BCUT2D eigenvalue weighted by molar-refractivity contribution is 0.199. The largest absolute Gasteiger partial charge is 0.383 e. The summed E-state index contributed by atoms with van der Waals surface area (Å²) < 4.78 is 4.99. The van der Waals surface area contributed by atoms with Crippen LogP contribution in [0.2, 0.25) is 0 Å². The number of hydrogen-bond donors (Lipinski definition) is 1. The molecule has 1 N–H and O–H groups in total. The maximum absolute atomic E-state index is 4.99. The van der Waals surface area contributed by atoms with Crippen LogP contribution < -0.4 is 5.32 Å². The van der Waals surface area contributed by atoms with Gasteiger partial charge in [0.1, 0.15) is 0 Å². The lowest BCUT2D eigenvalue weighted by Crippen LogP contribution is -2.18. The minimum absolute atomic E-state index is 0.735. The number of thioether (sulfide) groups is 1. The number of ether oxygens (including phenoxy) is 1. The number of aromatic nitrogens is 1. The molecule has 0 unspecified atom stereocenters. The number of pyridine rings is 1. The number of methoxy groups -OCH3 is 1. The van der Waals surface area contributed by atoms with Gasteiger partial charge in [-0.05, 0) is 17.2 Å². The summed E-state index contributed by atoms with van der Waals surface area (Å²) in [6.07, 6.45) is 1.94. The van der Waals surface area contributed by atoms with E-state index in [4.69, 9.17) is 4.74 Å². The molecule has 0 saturated carbocycles. The SMILES string of the molecule is COCCNCc1ccc(SCc2ccccc2)nc1. The fraction of sp³-hybridized carbons (Fsp3) is 0.312. The fourth-order valence-electron chi connectivity index (χ4n) is 1.74. The second-order valence-corrected chi connectivity index (χ2v) is 5.44. The molecule has 0 aliphatic heterocycles. The molecule has 2 rings (SSSR count). The van der Waals surface area contributed by atoms with Crippen LogP contribution in [0.3, 0.4) is 0 Å². The molecule has 1 aromatic carbocycles. The first-order chi connectivity index (χ1) is 9.88. The Morgan fingerprint density at radius 2 is 1.95 bits per heavy atom. The molecule has 0 fully saturated rings. The van der Waals surface area contributed by atoms with E-state index in [1.54, 1.807) is 18.9 Å². The first-order valence-electron chi connectivity index (χ1n) is 6.70. The molecule has 0 spiro atoms. The quantitative estimate of drug-likeness (QED) is 0.598. The van der Waals surface area contributed by atoms with E-state index in [1.165, 1.54) is 11.1 Å². The minimum Gasteiger partial charge on any atom is -0.383 e. The van der Waals surface area contributed by atoms with E-state index in [2.05, 4.69) is 46.7 Å². The molecule has 0 atom stereocenters. The predicted molar refractivity (Wildman–Crippen MR) is 83.8 cm³/mol. The Hall–Kier alpha value is -1.36. The molecule has 0 aliphatic carbocycles. The Morgan fingerprint density at radius 1 is 1.10 bits per heavy atom. The van der Waals surface area contributed by atoms with Crippen LogP contribution in [0.25, 0.3) is 0 Å². The van der Waals surface area contributed by atoms with Crippen LogP contribution in [0, 0.1) is 0 Å². The highest BCUT2D eigenvalue weighted by Crippen LogP contribution is 2.20. The van der Waals surface area contributed by atoms with Crippen LogP contribution in [0.5, 0.6) is 0 Å². The molecule has 0 saturated heterocycles. The standard InChI is InChI=1S/C16H20N2OS/c1-19-10-9-17-11-15-7-8-16(18-12-15)20-13-14-5-3-2-4-6-14/h2-8,12,17H,9-11,13H2,1H3. The van der Waals surface area contributed by atoms with Gasteiger partial charge in [-0.25, -0.2) is 4.98 Å². The summed E-state index contributed by atoms with van der Waals surface area (Å²) in [6.45, 7) is 2.43. The lowest BCUT2D eigenvalue weighted by Gasteiger charge is -2.05. The number of hydrogen-bond acceptors (Lipinski definition) is 4. The van der Waals surface area contributed by atoms with Gasteiger partial charge in [-0.15, -0.1) is 11.8 Å². The third kappa shape index (κ3) is 5.33. The van der Waals surface area contributed by atoms with Gasteiger partial charge >= 0.3 is 0 Å². The van der Waals surface area contributed by atoms with Gasteiger partial charge in [0.15, 0.2) is 0 Å². The van der Waals surface area contributed by atoms with E-state index in [0.717, 1.165) is 30.5 Å². The van der Waals surface area contributed by atoms with E-state index in [1.807, 2.05) is 12.3 Å². The van der Waals surface area contributed by atoms with Gasteiger partial charge in [0.05, 0.1) is 11.6 Å². The van der Waals surface area contributed by atoms with E-state index in [0.29, 0.717) is 0 Å². The van der Waals surface area contributed by atoms with E-state index >= 15 is 0 Å². The topological polar surface area (TPSA) is 34.1 Å². The van der Waals surface area contributed by atoms with Gasteiger partial charge in [0.2, 0.25) is 0 Å². The van der Waals surface area contributed by atoms with Crippen LogP contribution in [0.4, 0.5) is 0 Å². The molecule has 0 aliphatic rings. The maximum atomic E-state index is 4.99. The van der Waals surface area contributed by atoms with Crippen molar-refractivity contribution in [3.63, 3.8) is 0 Å². The molecule has 20 heavy (non-hydrogen) atoms. The van der Waals surface area contributed by atoms with Crippen LogP contribution in [-0.4, -0.2) is 25.2 Å². The smallest absolute Gasteiger partial charge is 0.0963 e. The van der Waals surface area contributed by atoms with Crippen LogP contribution in [-0.2, 0) is 17.0 Å². The molecule has 4 heteroatoms. The van der Waals surface area contributed by atoms with E-state index in [9.17, 15) is 0 Å². The summed E-state index contributed by atoms with van der Waals surface area (Å²) in [4.78, 5) is 4.48. The van der Waals surface area contributed by atoms with Crippen molar-refractivity contribution < 1.29 is 4.74 Å². The second kappa shape index (κ2) is 8.74. The lowest BCUT2D eigenvalue weighted by atomic mass is 10.2. The summed E-state index contributed by atoms with van der Waals surface area (Å²) in [5, 5.41) is 4.37. The normalized spacial score (nSPS) is 10.7. The fourth-order valence-corrected chi connectivity index (χ4v) is 2.54. The molecule has 1 heterocycles. The van der Waals surface area contributed by atoms with Crippen molar-refractivity contribution in [1.29, 1.82) is 0 Å². The van der Waals surface area contributed by atoms with Gasteiger partial charge in [0.25, 0.3) is 0 Å². The van der Waals surface area contributed by atoms with Crippen molar-refractivity contribution in [2.24, 2.45) is 0 Å². The zero-order chi connectivity index (χ0) is 14.0. The second-order valence-electron chi connectivity index (χ2n) is 4.45. The maximum Gasteiger partial charge on any atom is 0.0963 e. The van der Waals surface area contributed by atoms with Gasteiger partial charge in [-0.1, -0.05) is 36.4 Å². The number of nitrogens with zero attached hydrogens (tertiary/aromatic N) is 1. The Kier molecular flexibility index (Phi) is 6.57. The van der Waals surface area contributed by atoms with Gasteiger partial charge in [0, 0.05) is 32.1 Å². The average molecular weight is 288 g/mol. The highest BCUT2D eigenvalue weighted by Gasteiger charge is 1.98.